The van der Waals surface area contributed by atoms with Gasteiger partial charge in [0.25, 0.3) is 0 Å². The highest BCUT2D eigenvalue weighted by Crippen LogP contribution is 2.38. The van der Waals surface area contributed by atoms with Crippen molar-refractivity contribution in [1.82, 2.24) is 4.98 Å². The topological polar surface area (TPSA) is 12.9 Å². The van der Waals surface area contributed by atoms with Gasteiger partial charge in [0.15, 0.2) is 0 Å². The van der Waals surface area contributed by atoms with Gasteiger partial charge in [0.2, 0.25) is 0 Å². The molecule has 1 aromatic heterocycles. The summed E-state index contributed by atoms with van der Waals surface area (Å²) in [5.74, 6) is 0.159. The highest BCUT2D eigenvalue weighted by atomic mass is 79.9. The smallest absolute Gasteiger partial charge is 0.259 e. The quantitative estimate of drug-likeness (QED) is 0.438. The third-order valence-corrected chi connectivity index (χ3v) is 4.21. The van der Waals surface area contributed by atoms with Crippen molar-refractivity contribution in [3.63, 3.8) is 0 Å². The van der Waals surface area contributed by atoms with Gasteiger partial charge in [-0.1, -0.05) is 0 Å². The van der Waals surface area contributed by atoms with Crippen molar-refractivity contribution in [2.45, 2.75) is 23.0 Å². The van der Waals surface area contributed by atoms with Crippen LogP contribution in [0.15, 0.2) is 45.9 Å². The van der Waals surface area contributed by atoms with Crippen LogP contribution in [0.4, 0.5) is 26.3 Å². The summed E-state index contributed by atoms with van der Waals surface area (Å²) in [6.45, 7) is 0. The second-order valence-electron chi connectivity index (χ2n) is 4.50. The van der Waals surface area contributed by atoms with Crippen LogP contribution in [0.2, 0.25) is 0 Å². The van der Waals surface area contributed by atoms with Gasteiger partial charge < -0.3 is 0 Å². The molecule has 0 unspecified atom stereocenters. The van der Waals surface area contributed by atoms with E-state index in [1.807, 2.05) is 0 Å². The fourth-order valence-corrected chi connectivity index (χ4v) is 2.80. The molecule has 0 saturated carbocycles. The van der Waals surface area contributed by atoms with E-state index in [0.717, 1.165) is 16.2 Å². The van der Waals surface area contributed by atoms with Crippen LogP contribution in [0.25, 0.3) is 0 Å². The lowest BCUT2D eigenvalue weighted by Crippen LogP contribution is -2.10. The van der Waals surface area contributed by atoms with E-state index < -0.39 is 23.5 Å². The van der Waals surface area contributed by atoms with E-state index in [1.54, 1.807) is 12.1 Å². The minimum atomic E-state index is -4.84. The van der Waals surface area contributed by atoms with E-state index in [9.17, 15) is 26.3 Å². The summed E-state index contributed by atoms with van der Waals surface area (Å²) in [7, 11) is 0. The minimum Gasteiger partial charge on any atom is -0.259 e. The Bertz CT molecular complexity index is 649. The Labute approximate surface area is 140 Å². The average molecular weight is 416 g/mol. The SMILES string of the molecule is FC(F)(F)c1cc(SCc2ccc(Br)cn2)cc(C(F)(F)F)c1. The van der Waals surface area contributed by atoms with Gasteiger partial charge in [-0.15, -0.1) is 11.8 Å². The molecule has 0 aliphatic heterocycles. The zero-order valence-electron chi connectivity index (χ0n) is 11.2. The summed E-state index contributed by atoms with van der Waals surface area (Å²) in [4.78, 5) is 3.91. The summed E-state index contributed by atoms with van der Waals surface area (Å²) >= 11 is 4.05. The molecular weight excluding hydrogens is 408 g/mol. The maximum absolute atomic E-state index is 12.7. The third kappa shape index (κ3) is 5.13. The van der Waals surface area contributed by atoms with Gasteiger partial charge in [0.05, 0.1) is 16.8 Å². The molecule has 9 heteroatoms. The van der Waals surface area contributed by atoms with E-state index >= 15 is 0 Å². The molecule has 0 amide bonds. The Balaban J connectivity index is 2.28. The number of thioether (sulfide) groups is 1. The molecule has 0 atom stereocenters. The van der Waals surface area contributed by atoms with Gasteiger partial charge in [0.1, 0.15) is 0 Å². The molecule has 0 aliphatic rings. The molecule has 0 aliphatic carbocycles. The Morgan fingerprint density at radius 2 is 1.48 bits per heavy atom. The Kier molecular flexibility index (Phi) is 5.30. The Morgan fingerprint density at radius 3 is 1.91 bits per heavy atom. The lowest BCUT2D eigenvalue weighted by atomic mass is 10.1. The van der Waals surface area contributed by atoms with Crippen molar-refractivity contribution >= 4 is 27.7 Å². The van der Waals surface area contributed by atoms with E-state index in [1.165, 1.54) is 6.20 Å². The molecule has 0 fully saturated rings. The summed E-state index contributed by atoms with van der Waals surface area (Å²) in [5.41, 5.74) is -2.10. The molecule has 0 bridgehead atoms. The molecule has 1 aromatic carbocycles. The van der Waals surface area contributed by atoms with Crippen LogP contribution in [-0.4, -0.2) is 4.98 Å². The molecule has 23 heavy (non-hydrogen) atoms. The zero-order valence-corrected chi connectivity index (χ0v) is 13.6. The molecule has 0 radical (unpaired) electrons. The standard InChI is InChI=1S/C14H8BrF6NS/c15-10-1-2-11(22-6-10)7-23-12-4-8(13(16,17)18)3-9(5-12)14(19,20)21/h1-6H,7H2. The van der Waals surface area contributed by atoms with Crippen molar-refractivity contribution in [3.05, 3.63) is 57.8 Å². The number of halogens is 7. The predicted molar refractivity (Wildman–Crippen MR) is 77.9 cm³/mol. The molecular formula is C14H8BrF6NS. The number of hydrogen-bond acceptors (Lipinski definition) is 2. The molecule has 2 rings (SSSR count). The van der Waals surface area contributed by atoms with Crippen LogP contribution in [0, 0.1) is 0 Å². The number of aromatic nitrogens is 1. The minimum absolute atomic E-state index is 0.113. The van der Waals surface area contributed by atoms with Crippen LogP contribution in [0.3, 0.4) is 0 Å². The van der Waals surface area contributed by atoms with Crippen LogP contribution in [0.5, 0.6) is 0 Å². The zero-order chi connectivity index (χ0) is 17.3. The van der Waals surface area contributed by atoms with Crippen molar-refractivity contribution in [3.8, 4) is 0 Å². The lowest BCUT2D eigenvalue weighted by Gasteiger charge is -2.14. The van der Waals surface area contributed by atoms with Gasteiger partial charge in [0, 0.05) is 21.3 Å². The van der Waals surface area contributed by atoms with Crippen molar-refractivity contribution in [2.24, 2.45) is 0 Å². The highest BCUT2D eigenvalue weighted by molar-refractivity contribution is 9.10. The van der Waals surface area contributed by atoms with Crippen LogP contribution >= 0.6 is 27.7 Å². The van der Waals surface area contributed by atoms with Gasteiger partial charge in [-0.05, 0) is 46.3 Å². The number of nitrogens with zero attached hydrogens (tertiary/aromatic N) is 1. The number of benzene rings is 1. The molecule has 0 N–H and O–H groups in total. The fraction of sp³-hybridized carbons (Fsp3) is 0.214. The van der Waals surface area contributed by atoms with Gasteiger partial charge in [-0.2, -0.15) is 26.3 Å². The number of alkyl halides is 6. The lowest BCUT2D eigenvalue weighted by molar-refractivity contribution is -0.143. The van der Waals surface area contributed by atoms with E-state index in [4.69, 9.17) is 0 Å². The summed E-state index contributed by atoms with van der Waals surface area (Å²) in [6, 6.07) is 4.85. The predicted octanol–water partition coefficient (Wildman–Crippen LogP) is 6.17. The molecule has 124 valence electrons. The first-order valence-corrected chi connectivity index (χ1v) is 7.86. The molecule has 0 spiro atoms. The normalized spacial score (nSPS) is 12.5. The van der Waals surface area contributed by atoms with Crippen LogP contribution in [-0.2, 0) is 18.1 Å². The Morgan fingerprint density at radius 1 is 0.913 bits per heavy atom. The number of rotatable bonds is 3. The number of hydrogen-bond donors (Lipinski definition) is 0. The van der Waals surface area contributed by atoms with Crippen LogP contribution < -0.4 is 0 Å². The Hall–Kier alpha value is -1.22. The van der Waals surface area contributed by atoms with E-state index in [0.29, 0.717) is 17.8 Å². The van der Waals surface area contributed by atoms with Crippen molar-refractivity contribution in [1.29, 1.82) is 0 Å². The highest BCUT2D eigenvalue weighted by Gasteiger charge is 2.36. The second kappa shape index (κ2) is 6.72. The van der Waals surface area contributed by atoms with E-state index in [-0.39, 0.29) is 16.7 Å². The molecule has 1 nitrogen and oxygen atoms in total. The maximum atomic E-state index is 12.7. The second-order valence-corrected chi connectivity index (χ2v) is 6.46. The van der Waals surface area contributed by atoms with E-state index in [2.05, 4.69) is 20.9 Å². The summed E-state index contributed by atoms with van der Waals surface area (Å²) in [5, 5.41) is 0. The average Bonchev–Trinajstić information content (AvgIpc) is 2.44. The monoisotopic (exact) mass is 415 g/mol. The van der Waals surface area contributed by atoms with Crippen molar-refractivity contribution < 1.29 is 26.3 Å². The third-order valence-electron chi connectivity index (χ3n) is 2.74. The largest absolute Gasteiger partial charge is 0.416 e. The first-order valence-electron chi connectivity index (χ1n) is 6.08. The van der Waals surface area contributed by atoms with Gasteiger partial charge >= 0.3 is 12.4 Å². The fourth-order valence-electron chi connectivity index (χ4n) is 1.66. The molecule has 2 aromatic rings. The number of pyridine rings is 1. The van der Waals surface area contributed by atoms with Gasteiger partial charge in [-0.3, -0.25) is 4.98 Å². The maximum Gasteiger partial charge on any atom is 0.416 e. The first-order chi connectivity index (χ1) is 10.6. The summed E-state index contributed by atoms with van der Waals surface area (Å²) < 4.78 is 77.2. The van der Waals surface area contributed by atoms with Crippen molar-refractivity contribution in [2.75, 3.05) is 0 Å². The van der Waals surface area contributed by atoms with Gasteiger partial charge in [-0.25, -0.2) is 0 Å². The first kappa shape index (κ1) is 18.1. The molecule has 0 saturated heterocycles. The molecule has 1 heterocycles. The summed E-state index contributed by atoms with van der Waals surface area (Å²) in [6.07, 6.45) is -8.18. The van der Waals surface area contributed by atoms with Crippen LogP contribution in [0.1, 0.15) is 16.8 Å².